The van der Waals surface area contributed by atoms with Gasteiger partial charge in [0.25, 0.3) is 0 Å². The molecule has 0 aromatic heterocycles. The number of esters is 1. The van der Waals surface area contributed by atoms with Crippen LogP contribution in [0.15, 0.2) is 60.7 Å². The van der Waals surface area contributed by atoms with E-state index in [1.807, 2.05) is 12.1 Å². The molecule has 0 atom stereocenters. The van der Waals surface area contributed by atoms with Gasteiger partial charge in [-0.2, -0.15) is 0 Å². The second-order valence-electron chi connectivity index (χ2n) is 8.74. The minimum Gasteiger partial charge on any atom is -0.423 e. The third-order valence-electron chi connectivity index (χ3n) is 6.60. The minimum atomic E-state index is -1.52. The fourth-order valence-corrected chi connectivity index (χ4v) is 4.69. The van der Waals surface area contributed by atoms with Crippen LogP contribution in [-0.2, 0) is 0 Å². The Bertz CT molecular complexity index is 1160. The second-order valence-corrected chi connectivity index (χ2v) is 8.74. The van der Waals surface area contributed by atoms with Crippen LogP contribution in [0.3, 0.4) is 0 Å². The van der Waals surface area contributed by atoms with E-state index < -0.39 is 23.4 Å². The van der Waals surface area contributed by atoms with Gasteiger partial charge in [-0.05, 0) is 105 Å². The molecule has 1 saturated carbocycles. The summed E-state index contributed by atoms with van der Waals surface area (Å²) in [7, 11) is 0. The number of carbonyl (C=O) groups is 1. The van der Waals surface area contributed by atoms with Crippen molar-refractivity contribution in [2.75, 3.05) is 0 Å². The van der Waals surface area contributed by atoms with Crippen molar-refractivity contribution in [1.29, 1.82) is 0 Å². The smallest absolute Gasteiger partial charge is 0.343 e. The van der Waals surface area contributed by atoms with Crippen molar-refractivity contribution in [3.8, 4) is 5.75 Å². The Morgan fingerprint density at radius 1 is 0.970 bits per heavy atom. The highest BCUT2D eigenvalue weighted by Gasteiger charge is 2.22. The molecule has 0 N–H and O–H groups in total. The van der Waals surface area contributed by atoms with Gasteiger partial charge in [-0.1, -0.05) is 24.3 Å². The first-order chi connectivity index (χ1) is 16.0. The molecule has 0 unspecified atom stereocenters. The summed E-state index contributed by atoms with van der Waals surface area (Å²) >= 11 is 0. The van der Waals surface area contributed by atoms with Gasteiger partial charge in [0.1, 0.15) is 5.75 Å². The second kappa shape index (κ2) is 10.2. The zero-order chi connectivity index (χ0) is 23.4. The van der Waals surface area contributed by atoms with E-state index in [0.717, 1.165) is 31.2 Å². The highest BCUT2D eigenvalue weighted by molar-refractivity contribution is 5.92. The Morgan fingerprint density at radius 2 is 1.70 bits per heavy atom. The standard InChI is InChI=1S/C28H27F3O2/c1-2-3-4-5-18-6-8-19(9-7-18)20-10-12-21(13-11-20)28(32)33-23-14-15-24-22(16-23)17-25(29)27(31)26(24)30/h2-3,10-19H,4-9H2,1H3/b3-2+. The number of carbonyl (C=O) groups excluding carboxylic acids is 1. The van der Waals surface area contributed by atoms with Crippen LogP contribution in [0.5, 0.6) is 5.75 Å². The molecule has 33 heavy (non-hydrogen) atoms. The minimum absolute atomic E-state index is 0.0744. The predicted molar refractivity (Wildman–Crippen MR) is 124 cm³/mol. The van der Waals surface area contributed by atoms with E-state index in [1.165, 1.54) is 43.0 Å². The molecular formula is C28H27F3O2. The van der Waals surface area contributed by atoms with Crippen molar-refractivity contribution in [2.24, 2.45) is 5.92 Å². The molecule has 5 heteroatoms. The monoisotopic (exact) mass is 452 g/mol. The normalized spacial score (nSPS) is 18.7. The number of hydrogen-bond acceptors (Lipinski definition) is 2. The van der Waals surface area contributed by atoms with Gasteiger partial charge in [0, 0.05) is 5.39 Å². The average molecular weight is 453 g/mol. The van der Waals surface area contributed by atoms with Crippen LogP contribution in [0.25, 0.3) is 10.8 Å². The Kier molecular flexibility index (Phi) is 7.17. The molecule has 172 valence electrons. The SMILES string of the molecule is C/C=C/CCC1CCC(c2ccc(C(=O)Oc3ccc4c(F)c(F)c(F)cc4c3)cc2)CC1. The summed E-state index contributed by atoms with van der Waals surface area (Å²) in [5, 5.41) is 0.0444. The highest BCUT2D eigenvalue weighted by Crippen LogP contribution is 2.37. The lowest BCUT2D eigenvalue weighted by atomic mass is 9.77. The largest absolute Gasteiger partial charge is 0.423 e. The van der Waals surface area contributed by atoms with E-state index in [1.54, 1.807) is 12.1 Å². The molecule has 1 aliphatic carbocycles. The summed E-state index contributed by atoms with van der Waals surface area (Å²) in [4.78, 5) is 12.6. The first-order valence-corrected chi connectivity index (χ1v) is 11.5. The Balaban J connectivity index is 1.38. The molecule has 2 nitrogen and oxygen atoms in total. The zero-order valence-electron chi connectivity index (χ0n) is 18.6. The van der Waals surface area contributed by atoms with E-state index in [9.17, 15) is 18.0 Å². The van der Waals surface area contributed by atoms with E-state index in [4.69, 9.17) is 4.74 Å². The maximum Gasteiger partial charge on any atom is 0.343 e. The van der Waals surface area contributed by atoms with Gasteiger partial charge in [-0.3, -0.25) is 0 Å². The maximum atomic E-state index is 13.9. The van der Waals surface area contributed by atoms with Gasteiger partial charge < -0.3 is 4.74 Å². The third kappa shape index (κ3) is 5.29. The average Bonchev–Trinajstić information content (AvgIpc) is 2.83. The lowest BCUT2D eigenvalue weighted by Crippen LogP contribution is -2.14. The number of hydrogen-bond donors (Lipinski definition) is 0. The summed E-state index contributed by atoms with van der Waals surface area (Å²) in [5.74, 6) is -3.17. The van der Waals surface area contributed by atoms with Crippen LogP contribution in [-0.4, -0.2) is 5.97 Å². The Hall–Kier alpha value is -3.08. The van der Waals surface area contributed by atoms with Gasteiger partial charge in [0.15, 0.2) is 17.5 Å². The lowest BCUT2D eigenvalue weighted by Gasteiger charge is -2.28. The van der Waals surface area contributed by atoms with Gasteiger partial charge in [-0.15, -0.1) is 0 Å². The summed E-state index contributed by atoms with van der Waals surface area (Å²) in [6.07, 6.45) is 11.5. The number of allylic oxidation sites excluding steroid dienone is 2. The van der Waals surface area contributed by atoms with Crippen LogP contribution in [0.1, 0.15) is 67.3 Å². The quantitative estimate of drug-likeness (QED) is 0.163. The summed E-state index contributed by atoms with van der Waals surface area (Å²) in [6.45, 7) is 2.06. The van der Waals surface area contributed by atoms with Crippen molar-refractivity contribution in [1.82, 2.24) is 0 Å². The fraction of sp³-hybridized carbons (Fsp3) is 0.321. The number of rotatable bonds is 6. The first-order valence-electron chi connectivity index (χ1n) is 11.5. The summed E-state index contributed by atoms with van der Waals surface area (Å²) in [5.41, 5.74) is 1.63. The number of halogens is 3. The molecule has 0 heterocycles. The van der Waals surface area contributed by atoms with Gasteiger partial charge >= 0.3 is 5.97 Å². The molecule has 3 aromatic carbocycles. The predicted octanol–water partition coefficient (Wildman–Crippen LogP) is 8.11. The molecule has 1 fully saturated rings. The van der Waals surface area contributed by atoms with E-state index in [-0.39, 0.29) is 16.5 Å². The molecule has 0 amide bonds. The zero-order valence-corrected chi connectivity index (χ0v) is 18.6. The number of fused-ring (bicyclic) bond motifs is 1. The number of benzene rings is 3. The van der Waals surface area contributed by atoms with Gasteiger partial charge in [0.05, 0.1) is 5.56 Å². The highest BCUT2D eigenvalue weighted by atomic mass is 19.2. The van der Waals surface area contributed by atoms with E-state index >= 15 is 0 Å². The molecular weight excluding hydrogens is 425 g/mol. The summed E-state index contributed by atoms with van der Waals surface area (Å²) < 4.78 is 46.2. The first kappa shape index (κ1) is 23.1. The molecule has 0 saturated heterocycles. The van der Waals surface area contributed by atoms with Gasteiger partial charge in [-0.25, -0.2) is 18.0 Å². The van der Waals surface area contributed by atoms with Crippen LogP contribution < -0.4 is 4.74 Å². The molecule has 3 aromatic rings. The number of ether oxygens (including phenoxy) is 1. The van der Waals surface area contributed by atoms with Gasteiger partial charge in [0.2, 0.25) is 0 Å². The molecule has 0 radical (unpaired) electrons. The van der Waals surface area contributed by atoms with Crippen molar-refractivity contribution < 1.29 is 22.7 Å². The van der Waals surface area contributed by atoms with Crippen molar-refractivity contribution in [3.63, 3.8) is 0 Å². The van der Waals surface area contributed by atoms with Crippen LogP contribution in [0, 0.1) is 23.4 Å². The third-order valence-corrected chi connectivity index (χ3v) is 6.60. The van der Waals surface area contributed by atoms with E-state index in [2.05, 4.69) is 19.1 Å². The van der Waals surface area contributed by atoms with E-state index in [0.29, 0.717) is 11.5 Å². The molecule has 0 aliphatic heterocycles. The molecule has 0 bridgehead atoms. The van der Waals surface area contributed by atoms with Crippen LogP contribution in [0.4, 0.5) is 13.2 Å². The summed E-state index contributed by atoms with van der Waals surface area (Å²) in [6, 6.07) is 12.3. The van der Waals surface area contributed by atoms with Crippen molar-refractivity contribution in [2.45, 2.75) is 51.4 Å². The Labute approximate surface area is 192 Å². The Morgan fingerprint density at radius 3 is 2.39 bits per heavy atom. The topological polar surface area (TPSA) is 26.3 Å². The fourth-order valence-electron chi connectivity index (χ4n) is 4.69. The molecule has 1 aliphatic rings. The molecule has 4 rings (SSSR count). The van der Waals surface area contributed by atoms with Crippen LogP contribution in [0.2, 0.25) is 0 Å². The van der Waals surface area contributed by atoms with Crippen molar-refractivity contribution >= 4 is 16.7 Å². The molecule has 0 spiro atoms. The lowest BCUT2D eigenvalue weighted by molar-refractivity contribution is 0.0735. The van der Waals surface area contributed by atoms with Crippen molar-refractivity contribution in [3.05, 3.63) is 89.3 Å². The maximum absolute atomic E-state index is 13.9. The van der Waals surface area contributed by atoms with Crippen LogP contribution >= 0.6 is 0 Å².